The molecular weight excluding hydrogens is 416 g/mol. The molecule has 1 N–H and O–H groups in total. The van der Waals surface area contributed by atoms with E-state index in [9.17, 15) is 19.5 Å². The van der Waals surface area contributed by atoms with Gasteiger partial charge in [-0.15, -0.1) is 0 Å². The number of imidazole rings is 1. The summed E-state index contributed by atoms with van der Waals surface area (Å²) in [5.41, 5.74) is 3.71. The summed E-state index contributed by atoms with van der Waals surface area (Å²) in [6.07, 6.45) is 3.11. The zero-order valence-electron chi connectivity index (χ0n) is 19.7. The largest absolute Gasteiger partial charge is 0.478 e. The first-order chi connectivity index (χ1) is 15.8. The summed E-state index contributed by atoms with van der Waals surface area (Å²) < 4.78 is 3.35. The fraction of sp³-hybridized carbons (Fsp3) is 0.370. The molecule has 1 unspecified atom stereocenters. The summed E-state index contributed by atoms with van der Waals surface area (Å²) in [7, 11) is 0. The highest BCUT2D eigenvalue weighted by Crippen LogP contribution is 2.25. The molecule has 6 nitrogen and oxygen atoms in total. The van der Waals surface area contributed by atoms with E-state index in [1.165, 1.54) is 0 Å². The van der Waals surface area contributed by atoms with Crippen molar-refractivity contribution in [2.75, 3.05) is 0 Å². The van der Waals surface area contributed by atoms with Crippen LogP contribution in [0.2, 0.25) is 0 Å². The number of rotatable bonds is 10. The molecule has 33 heavy (non-hydrogen) atoms. The number of hydrogen-bond donors (Lipinski definition) is 1. The van der Waals surface area contributed by atoms with E-state index in [-0.39, 0.29) is 17.3 Å². The first kappa shape index (κ1) is 24.2. The smallest absolute Gasteiger partial charge is 0.336 e. The number of aromatic nitrogens is 2. The van der Waals surface area contributed by atoms with Crippen molar-refractivity contribution in [3.05, 3.63) is 81.5 Å². The van der Waals surface area contributed by atoms with Crippen LogP contribution in [-0.2, 0) is 13.0 Å². The Hall–Kier alpha value is -3.41. The van der Waals surface area contributed by atoms with Crippen LogP contribution in [0.15, 0.2) is 53.3 Å². The quantitative estimate of drug-likeness (QED) is 0.419. The Morgan fingerprint density at radius 2 is 1.73 bits per heavy atom. The molecule has 0 aliphatic heterocycles. The maximum atomic E-state index is 13.3. The van der Waals surface area contributed by atoms with Gasteiger partial charge in [-0.1, -0.05) is 63.2 Å². The van der Waals surface area contributed by atoms with Gasteiger partial charge in [0.1, 0.15) is 5.69 Å². The molecule has 3 aromatic rings. The normalized spacial score (nSPS) is 12.2. The van der Waals surface area contributed by atoms with E-state index < -0.39 is 5.97 Å². The molecule has 0 radical (unpaired) electrons. The monoisotopic (exact) mass is 448 g/mol. The van der Waals surface area contributed by atoms with Crippen LogP contribution in [0, 0.1) is 5.92 Å². The van der Waals surface area contributed by atoms with Gasteiger partial charge in [0.05, 0.1) is 17.8 Å². The zero-order chi connectivity index (χ0) is 24.1. The Bertz CT molecular complexity index is 1190. The van der Waals surface area contributed by atoms with E-state index in [4.69, 9.17) is 0 Å². The van der Waals surface area contributed by atoms with Gasteiger partial charge in [-0.25, -0.2) is 9.59 Å². The lowest BCUT2D eigenvalue weighted by atomic mass is 9.98. The maximum Gasteiger partial charge on any atom is 0.336 e. The second kappa shape index (κ2) is 10.5. The van der Waals surface area contributed by atoms with Gasteiger partial charge in [-0.2, -0.15) is 0 Å². The Kier molecular flexibility index (Phi) is 7.69. The van der Waals surface area contributed by atoms with E-state index in [2.05, 4.69) is 13.8 Å². The predicted octanol–water partition coefficient (Wildman–Crippen LogP) is 5.44. The molecule has 174 valence electrons. The van der Waals surface area contributed by atoms with Crippen LogP contribution in [-0.4, -0.2) is 26.5 Å². The number of benzene rings is 2. The second-order valence-corrected chi connectivity index (χ2v) is 8.93. The molecule has 0 aliphatic carbocycles. The lowest BCUT2D eigenvalue weighted by molar-refractivity contribution is 0.0697. The van der Waals surface area contributed by atoms with Crippen LogP contribution in [0.3, 0.4) is 0 Å². The summed E-state index contributed by atoms with van der Waals surface area (Å²) >= 11 is 0. The number of aromatic carboxylic acids is 1. The third-order valence-corrected chi connectivity index (χ3v) is 6.18. The van der Waals surface area contributed by atoms with Crippen LogP contribution in [0.1, 0.15) is 78.7 Å². The lowest BCUT2D eigenvalue weighted by Gasteiger charge is -2.11. The van der Waals surface area contributed by atoms with Crippen molar-refractivity contribution in [2.45, 2.75) is 59.5 Å². The summed E-state index contributed by atoms with van der Waals surface area (Å²) in [5, 5.41) is 9.47. The number of carboxylic acid groups (broad SMARTS) is 1. The number of carboxylic acids is 1. The molecule has 0 amide bonds. The van der Waals surface area contributed by atoms with Crippen LogP contribution in [0.25, 0.3) is 11.1 Å². The van der Waals surface area contributed by atoms with E-state index in [1.807, 2.05) is 44.2 Å². The minimum Gasteiger partial charge on any atom is -0.478 e. The first-order valence-electron chi connectivity index (χ1n) is 11.5. The summed E-state index contributed by atoms with van der Waals surface area (Å²) in [5.74, 6) is -0.516. The minimum absolute atomic E-state index is 0.0633. The van der Waals surface area contributed by atoms with E-state index in [0.29, 0.717) is 30.1 Å². The van der Waals surface area contributed by atoms with Crippen LogP contribution >= 0.6 is 0 Å². The van der Waals surface area contributed by atoms with Gasteiger partial charge in [0.15, 0.2) is 6.29 Å². The van der Waals surface area contributed by atoms with Crippen molar-refractivity contribution in [3.63, 3.8) is 0 Å². The standard InChI is InChI=1S/C27H32N2O4/c1-5-19(4)29-25(17-30)24(15-10-18(2)3)28(27(29)33)16-20-11-13-21(14-12-20)22-8-6-7-9-23(22)26(31)32/h6-9,11-14,17-19H,5,10,15-16H2,1-4H3,(H,31,32). The molecular formula is C27H32N2O4. The molecule has 1 heterocycles. The number of aldehydes is 1. The number of carbonyl (C=O) groups is 2. The summed E-state index contributed by atoms with van der Waals surface area (Å²) in [6.45, 7) is 8.58. The fourth-order valence-corrected chi connectivity index (χ4v) is 4.10. The Balaban J connectivity index is 2.01. The second-order valence-electron chi connectivity index (χ2n) is 8.93. The molecule has 0 bridgehead atoms. The highest BCUT2D eigenvalue weighted by molar-refractivity contribution is 5.96. The van der Waals surface area contributed by atoms with Crippen molar-refractivity contribution < 1.29 is 14.7 Å². The van der Waals surface area contributed by atoms with Crippen LogP contribution in [0.5, 0.6) is 0 Å². The molecule has 1 aromatic heterocycles. The third kappa shape index (κ3) is 5.16. The Labute approximate surface area is 194 Å². The third-order valence-electron chi connectivity index (χ3n) is 6.18. The molecule has 1 atom stereocenters. The molecule has 0 saturated heterocycles. The van der Waals surface area contributed by atoms with Crippen molar-refractivity contribution in [1.82, 2.24) is 9.13 Å². The summed E-state index contributed by atoms with van der Waals surface area (Å²) in [6, 6.07) is 14.4. The number of carbonyl (C=O) groups excluding carboxylic acids is 1. The van der Waals surface area contributed by atoms with E-state index in [1.54, 1.807) is 27.3 Å². The van der Waals surface area contributed by atoms with Crippen molar-refractivity contribution >= 4 is 12.3 Å². The summed E-state index contributed by atoms with van der Waals surface area (Å²) in [4.78, 5) is 36.9. The Morgan fingerprint density at radius 1 is 1.06 bits per heavy atom. The average molecular weight is 449 g/mol. The number of nitrogens with zero attached hydrogens (tertiary/aromatic N) is 2. The van der Waals surface area contributed by atoms with Crippen molar-refractivity contribution in [2.24, 2.45) is 5.92 Å². The Morgan fingerprint density at radius 3 is 2.30 bits per heavy atom. The number of hydrogen-bond acceptors (Lipinski definition) is 3. The van der Waals surface area contributed by atoms with E-state index >= 15 is 0 Å². The SMILES string of the molecule is CCC(C)n1c(C=O)c(CCC(C)C)n(Cc2ccc(-c3ccccc3C(=O)O)cc2)c1=O. The van der Waals surface area contributed by atoms with E-state index in [0.717, 1.165) is 35.9 Å². The molecule has 6 heteroatoms. The molecule has 0 aliphatic rings. The predicted molar refractivity (Wildman–Crippen MR) is 130 cm³/mol. The highest BCUT2D eigenvalue weighted by Gasteiger charge is 2.22. The van der Waals surface area contributed by atoms with Gasteiger partial charge in [0.25, 0.3) is 0 Å². The fourth-order valence-electron chi connectivity index (χ4n) is 4.10. The molecule has 3 rings (SSSR count). The van der Waals surface area contributed by atoms with Crippen LogP contribution in [0.4, 0.5) is 0 Å². The van der Waals surface area contributed by atoms with Gasteiger partial charge in [0.2, 0.25) is 0 Å². The van der Waals surface area contributed by atoms with Gasteiger partial charge >= 0.3 is 11.7 Å². The zero-order valence-corrected chi connectivity index (χ0v) is 19.7. The van der Waals surface area contributed by atoms with Crippen molar-refractivity contribution in [1.29, 1.82) is 0 Å². The molecule has 0 saturated carbocycles. The van der Waals surface area contributed by atoms with Gasteiger partial charge in [-0.05, 0) is 54.9 Å². The highest BCUT2D eigenvalue weighted by atomic mass is 16.4. The van der Waals surface area contributed by atoms with Gasteiger partial charge in [0, 0.05) is 6.04 Å². The molecule has 0 fully saturated rings. The topological polar surface area (TPSA) is 81.3 Å². The van der Waals surface area contributed by atoms with Crippen LogP contribution < -0.4 is 5.69 Å². The van der Waals surface area contributed by atoms with Gasteiger partial charge < -0.3 is 5.11 Å². The molecule has 2 aromatic carbocycles. The minimum atomic E-state index is -0.969. The first-order valence-corrected chi connectivity index (χ1v) is 11.5. The molecule has 0 spiro atoms. The van der Waals surface area contributed by atoms with Gasteiger partial charge in [-0.3, -0.25) is 13.9 Å². The lowest BCUT2D eigenvalue weighted by Crippen LogP contribution is -2.28. The maximum absolute atomic E-state index is 13.3. The van der Waals surface area contributed by atoms with Crippen molar-refractivity contribution in [3.8, 4) is 11.1 Å². The average Bonchev–Trinajstić information content (AvgIpc) is 3.08.